The largest absolute Gasteiger partial charge is 0.507 e. The van der Waals surface area contributed by atoms with E-state index in [1.165, 1.54) is 5.56 Å². The molecule has 0 aliphatic carbocycles. The zero-order valence-electron chi connectivity index (χ0n) is 18.0. The fourth-order valence-corrected chi connectivity index (χ4v) is 3.11. The van der Waals surface area contributed by atoms with Crippen LogP contribution in [0.1, 0.15) is 49.9 Å². The molecule has 1 N–H and O–H groups in total. The quantitative estimate of drug-likeness (QED) is 0.607. The lowest BCUT2D eigenvalue weighted by molar-refractivity contribution is 0.174. The van der Waals surface area contributed by atoms with Gasteiger partial charge in [0.05, 0.1) is 19.8 Å². The second-order valence-corrected chi connectivity index (χ2v) is 8.13. The Hall–Kier alpha value is -2.04. The zero-order chi connectivity index (χ0) is 20.7. The summed E-state index contributed by atoms with van der Waals surface area (Å²) in [6.45, 7) is 10.3. The summed E-state index contributed by atoms with van der Waals surface area (Å²) in [5, 5.41) is 10.3. The van der Waals surface area contributed by atoms with Crippen molar-refractivity contribution in [3.05, 3.63) is 58.7 Å². The van der Waals surface area contributed by atoms with E-state index in [-0.39, 0.29) is 11.2 Å². The van der Waals surface area contributed by atoms with Gasteiger partial charge < -0.3 is 19.3 Å². The van der Waals surface area contributed by atoms with E-state index >= 15 is 0 Å². The number of methoxy groups -OCH3 is 2. The van der Waals surface area contributed by atoms with Crippen molar-refractivity contribution in [3.63, 3.8) is 0 Å². The van der Waals surface area contributed by atoms with Crippen LogP contribution in [-0.4, -0.2) is 25.9 Å². The van der Waals surface area contributed by atoms with Crippen LogP contribution in [0.5, 0.6) is 11.5 Å². The first kappa shape index (κ1) is 22.3. The van der Waals surface area contributed by atoms with Crippen LogP contribution in [0.4, 0.5) is 0 Å². The Morgan fingerprint density at radius 1 is 0.929 bits per heavy atom. The number of hydrogen-bond acceptors (Lipinski definition) is 4. The Morgan fingerprint density at radius 2 is 1.46 bits per heavy atom. The molecule has 0 aliphatic rings. The average Bonchev–Trinajstić information content (AvgIpc) is 2.66. The van der Waals surface area contributed by atoms with Gasteiger partial charge in [0.1, 0.15) is 11.5 Å². The summed E-state index contributed by atoms with van der Waals surface area (Å²) in [5.41, 5.74) is 4.09. The van der Waals surface area contributed by atoms with E-state index < -0.39 is 0 Å². The van der Waals surface area contributed by atoms with Crippen molar-refractivity contribution in [1.29, 1.82) is 0 Å². The van der Waals surface area contributed by atoms with E-state index in [2.05, 4.69) is 39.8 Å². The number of aromatic hydroxyl groups is 1. The molecule has 0 bridgehead atoms. The van der Waals surface area contributed by atoms with Gasteiger partial charge in [-0.15, -0.1) is 0 Å². The van der Waals surface area contributed by atoms with Crippen LogP contribution in [0.3, 0.4) is 0 Å². The van der Waals surface area contributed by atoms with Crippen molar-refractivity contribution in [2.24, 2.45) is 5.92 Å². The number of hydrogen-bond donors (Lipinski definition) is 1. The third kappa shape index (κ3) is 5.49. The minimum atomic E-state index is 0.139. The molecule has 0 unspecified atom stereocenters. The van der Waals surface area contributed by atoms with E-state index in [4.69, 9.17) is 14.2 Å². The molecule has 2 aromatic carbocycles. The maximum atomic E-state index is 10.3. The first-order chi connectivity index (χ1) is 13.3. The van der Waals surface area contributed by atoms with Crippen molar-refractivity contribution >= 4 is 0 Å². The van der Waals surface area contributed by atoms with E-state index in [1.54, 1.807) is 14.2 Å². The minimum absolute atomic E-state index is 0.139. The predicted molar refractivity (Wildman–Crippen MR) is 113 cm³/mol. The molecule has 4 heteroatoms. The Morgan fingerprint density at radius 3 is 1.93 bits per heavy atom. The third-order valence-electron chi connectivity index (χ3n) is 5.63. The first-order valence-corrected chi connectivity index (χ1v) is 9.84. The van der Waals surface area contributed by atoms with Crippen LogP contribution >= 0.6 is 0 Å². The number of phenols is 1. The van der Waals surface area contributed by atoms with Gasteiger partial charge in [0.2, 0.25) is 0 Å². The number of rotatable bonds is 10. The molecule has 154 valence electrons. The number of phenolic OH excluding ortho intramolecular Hbond substituents is 1. The second-order valence-electron chi connectivity index (χ2n) is 8.13. The molecule has 0 saturated carbocycles. The van der Waals surface area contributed by atoms with Crippen LogP contribution < -0.4 is 4.74 Å². The molecule has 0 aromatic heterocycles. The monoisotopic (exact) mass is 386 g/mol. The summed E-state index contributed by atoms with van der Waals surface area (Å²) in [5.74, 6) is 1.68. The van der Waals surface area contributed by atoms with Gasteiger partial charge in [0.25, 0.3) is 0 Å². The second kappa shape index (κ2) is 9.94. The van der Waals surface area contributed by atoms with Crippen molar-refractivity contribution < 1.29 is 19.3 Å². The maximum absolute atomic E-state index is 10.3. The Labute approximate surface area is 169 Å². The molecule has 0 aliphatic heterocycles. The highest BCUT2D eigenvalue weighted by molar-refractivity contribution is 5.43. The summed E-state index contributed by atoms with van der Waals surface area (Å²) in [4.78, 5) is 0. The van der Waals surface area contributed by atoms with Crippen molar-refractivity contribution in [2.75, 3.05) is 20.8 Å². The minimum Gasteiger partial charge on any atom is -0.507 e. The highest BCUT2D eigenvalue weighted by Crippen LogP contribution is 2.32. The molecule has 4 nitrogen and oxygen atoms in total. The maximum Gasteiger partial charge on any atom is 0.126 e. The Balaban J connectivity index is 2.03. The Bertz CT molecular complexity index is 721. The summed E-state index contributed by atoms with van der Waals surface area (Å²) in [7, 11) is 3.24. The predicted octanol–water partition coefficient (Wildman–Crippen LogP) is 5.24. The lowest BCUT2D eigenvalue weighted by Gasteiger charge is -2.30. The zero-order valence-corrected chi connectivity index (χ0v) is 18.0. The van der Waals surface area contributed by atoms with E-state index in [0.29, 0.717) is 25.7 Å². The van der Waals surface area contributed by atoms with Crippen LogP contribution in [0.25, 0.3) is 0 Å². The van der Waals surface area contributed by atoms with Crippen LogP contribution in [0, 0.1) is 5.92 Å². The van der Waals surface area contributed by atoms with Gasteiger partial charge in [-0.25, -0.2) is 0 Å². The lowest BCUT2D eigenvalue weighted by Crippen LogP contribution is -2.24. The van der Waals surface area contributed by atoms with E-state index in [1.807, 2.05) is 24.3 Å². The molecular weight excluding hydrogens is 352 g/mol. The third-order valence-corrected chi connectivity index (χ3v) is 5.63. The summed E-state index contributed by atoms with van der Waals surface area (Å²) in [6, 6.07) is 12.3. The molecule has 28 heavy (non-hydrogen) atoms. The molecule has 0 atom stereocenters. The fraction of sp³-hybridized carbons (Fsp3) is 0.500. The number of benzene rings is 2. The van der Waals surface area contributed by atoms with Crippen molar-refractivity contribution in [1.82, 2.24) is 0 Å². The van der Waals surface area contributed by atoms with E-state index in [0.717, 1.165) is 28.9 Å². The van der Waals surface area contributed by atoms with Crippen molar-refractivity contribution in [2.45, 2.75) is 52.7 Å². The van der Waals surface area contributed by atoms with Gasteiger partial charge in [-0.1, -0.05) is 39.8 Å². The highest BCUT2D eigenvalue weighted by Gasteiger charge is 2.24. The van der Waals surface area contributed by atoms with Gasteiger partial charge >= 0.3 is 0 Å². The Kier molecular flexibility index (Phi) is 7.90. The molecule has 0 amide bonds. The van der Waals surface area contributed by atoms with Crippen LogP contribution in [0.2, 0.25) is 0 Å². The standard InChI is InChI=1S/C24H34O4/c1-17(2)24(3,4)21-7-9-22(10-8-21)28-12-11-18-13-19(15-26-5)23(25)20(14-18)16-27-6/h7-10,13-14,17,25H,11-12,15-16H2,1-6H3. The van der Waals surface area contributed by atoms with E-state index in [9.17, 15) is 5.11 Å². The molecule has 0 spiro atoms. The first-order valence-electron chi connectivity index (χ1n) is 9.84. The smallest absolute Gasteiger partial charge is 0.126 e. The molecule has 2 rings (SSSR count). The SMILES string of the molecule is COCc1cc(CCOc2ccc(C(C)(C)C(C)C)cc2)cc(COC)c1O. The van der Waals surface area contributed by atoms with Gasteiger partial charge in [-0.05, 0) is 46.7 Å². The molecule has 0 heterocycles. The molecular formula is C24H34O4. The van der Waals surface area contributed by atoms with Gasteiger partial charge in [0, 0.05) is 31.8 Å². The molecule has 2 aromatic rings. The summed E-state index contributed by atoms with van der Waals surface area (Å²) in [6.07, 6.45) is 0.743. The summed E-state index contributed by atoms with van der Waals surface area (Å²) >= 11 is 0. The lowest BCUT2D eigenvalue weighted by atomic mass is 9.75. The van der Waals surface area contributed by atoms with Gasteiger partial charge in [-0.2, -0.15) is 0 Å². The molecule has 0 fully saturated rings. The highest BCUT2D eigenvalue weighted by atomic mass is 16.5. The average molecular weight is 387 g/mol. The molecule has 0 radical (unpaired) electrons. The van der Waals surface area contributed by atoms with Gasteiger partial charge in [0.15, 0.2) is 0 Å². The number of ether oxygens (including phenoxy) is 3. The van der Waals surface area contributed by atoms with Gasteiger partial charge in [-0.3, -0.25) is 0 Å². The van der Waals surface area contributed by atoms with Crippen LogP contribution in [0.15, 0.2) is 36.4 Å². The van der Waals surface area contributed by atoms with Crippen molar-refractivity contribution in [3.8, 4) is 11.5 Å². The topological polar surface area (TPSA) is 47.9 Å². The van der Waals surface area contributed by atoms with Crippen LogP contribution in [-0.2, 0) is 34.5 Å². The normalized spacial score (nSPS) is 11.8. The fourth-order valence-electron chi connectivity index (χ4n) is 3.11. The summed E-state index contributed by atoms with van der Waals surface area (Å²) < 4.78 is 16.3. The molecule has 0 saturated heterocycles.